The van der Waals surface area contributed by atoms with E-state index in [0.717, 1.165) is 0 Å². The fourth-order valence-corrected chi connectivity index (χ4v) is 3.13. The molecule has 0 aromatic heterocycles. The minimum Gasteiger partial charge on any atom is -0.0822 e. The molecule has 0 fully saturated rings. The maximum Gasteiger partial charge on any atom is 0.0543 e. The Morgan fingerprint density at radius 3 is 3.10 bits per heavy atom. The van der Waals surface area contributed by atoms with E-state index < -0.39 is 0 Å². The zero-order valence-corrected chi connectivity index (χ0v) is 8.18. The van der Waals surface area contributed by atoms with Crippen molar-refractivity contribution in [2.45, 2.75) is 32.2 Å². The highest BCUT2D eigenvalue weighted by Crippen LogP contribution is 2.09. The van der Waals surface area contributed by atoms with Crippen LogP contribution in [-0.2, 0) is 0 Å². The lowest BCUT2D eigenvalue weighted by atomic mass is 10.4. The second kappa shape index (κ2) is 4.50. The molecule has 0 bridgehead atoms. The van der Waals surface area contributed by atoms with Gasteiger partial charge in [0.25, 0.3) is 0 Å². The minimum atomic E-state index is 0.151. The van der Waals surface area contributed by atoms with Gasteiger partial charge in [-0.2, -0.15) is 0 Å². The molecule has 56 valence electrons. The first-order valence-electron chi connectivity index (χ1n) is 4.29. The molecule has 10 heavy (non-hydrogen) atoms. The molecule has 0 heterocycles. The number of rotatable bonds is 4. The van der Waals surface area contributed by atoms with Crippen LogP contribution in [0.5, 0.6) is 0 Å². The number of hydrogen-bond donors (Lipinski definition) is 0. The van der Waals surface area contributed by atoms with Crippen molar-refractivity contribution in [3.8, 4) is 0 Å². The van der Waals surface area contributed by atoms with Crippen LogP contribution in [0.1, 0.15) is 26.2 Å². The molecule has 0 aromatic carbocycles. The Balaban J connectivity index is 2.08. The van der Waals surface area contributed by atoms with E-state index in [4.69, 9.17) is 0 Å². The van der Waals surface area contributed by atoms with Crippen LogP contribution in [0.4, 0.5) is 0 Å². The van der Waals surface area contributed by atoms with Crippen LogP contribution in [0.2, 0.25) is 6.04 Å². The SMILES string of the molecule is CCCC[SiH2]C1=CCC=C1. The average Bonchev–Trinajstić information content (AvgIpc) is 2.41. The predicted molar refractivity (Wildman–Crippen MR) is 50.1 cm³/mol. The van der Waals surface area contributed by atoms with E-state index in [0.29, 0.717) is 0 Å². The molecule has 0 saturated heterocycles. The topological polar surface area (TPSA) is 0 Å². The summed E-state index contributed by atoms with van der Waals surface area (Å²) >= 11 is 0. The van der Waals surface area contributed by atoms with E-state index in [2.05, 4.69) is 25.2 Å². The van der Waals surface area contributed by atoms with Crippen LogP contribution >= 0.6 is 0 Å². The smallest absolute Gasteiger partial charge is 0.0543 e. The van der Waals surface area contributed by atoms with Crippen LogP contribution in [0.15, 0.2) is 23.4 Å². The molecule has 1 rings (SSSR count). The van der Waals surface area contributed by atoms with Crippen molar-refractivity contribution in [1.82, 2.24) is 0 Å². The van der Waals surface area contributed by atoms with Crippen LogP contribution in [0.3, 0.4) is 0 Å². The van der Waals surface area contributed by atoms with Crippen molar-refractivity contribution < 1.29 is 0 Å². The first-order chi connectivity index (χ1) is 4.93. The third-order valence-corrected chi connectivity index (χ3v) is 3.87. The highest BCUT2D eigenvalue weighted by Gasteiger charge is 1.96. The normalized spacial score (nSPS) is 17.1. The van der Waals surface area contributed by atoms with Crippen molar-refractivity contribution in [3.63, 3.8) is 0 Å². The van der Waals surface area contributed by atoms with Crippen molar-refractivity contribution >= 4 is 9.52 Å². The van der Waals surface area contributed by atoms with Crippen LogP contribution < -0.4 is 0 Å². The predicted octanol–water partition coefficient (Wildman–Crippen LogP) is 2.22. The zero-order chi connectivity index (χ0) is 7.23. The monoisotopic (exact) mass is 152 g/mol. The summed E-state index contributed by atoms with van der Waals surface area (Å²) in [6, 6.07) is 1.51. The average molecular weight is 152 g/mol. The summed E-state index contributed by atoms with van der Waals surface area (Å²) in [5.41, 5.74) is 0. The molecule has 1 aliphatic carbocycles. The van der Waals surface area contributed by atoms with Gasteiger partial charge in [-0.1, -0.05) is 49.2 Å². The molecule has 0 amide bonds. The van der Waals surface area contributed by atoms with Crippen molar-refractivity contribution in [2.75, 3.05) is 0 Å². The molecule has 0 spiro atoms. The number of hydrogen-bond acceptors (Lipinski definition) is 0. The molecule has 0 aromatic rings. The lowest BCUT2D eigenvalue weighted by Crippen LogP contribution is -1.90. The maximum absolute atomic E-state index is 2.39. The molecule has 0 aliphatic heterocycles. The van der Waals surface area contributed by atoms with Crippen molar-refractivity contribution in [2.24, 2.45) is 0 Å². The molecule has 0 radical (unpaired) electrons. The van der Waals surface area contributed by atoms with Crippen molar-refractivity contribution in [3.05, 3.63) is 23.4 Å². The van der Waals surface area contributed by atoms with Gasteiger partial charge < -0.3 is 0 Å². The fourth-order valence-electron chi connectivity index (χ4n) is 1.27. The quantitative estimate of drug-likeness (QED) is 0.428. The van der Waals surface area contributed by atoms with Gasteiger partial charge in [-0.15, -0.1) is 0 Å². The summed E-state index contributed by atoms with van der Waals surface area (Å²) in [4.78, 5) is 0. The molecule has 0 unspecified atom stereocenters. The fraction of sp³-hybridized carbons (Fsp3) is 0.556. The van der Waals surface area contributed by atoms with Gasteiger partial charge in [-0.25, -0.2) is 0 Å². The first-order valence-corrected chi connectivity index (χ1v) is 5.99. The molecule has 1 heteroatoms. The van der Waals surface area contributed by atoms with Gasteiger partial charge in [0, 0.05) is 0 Å². The summed E-state index contributed by atoms with van der Waals surface area (Å²) in [6.45, 7) is 2.27. The van der Waals surface area contributed by atoms with Crippen LogP contribution in [-0.4, -0.2) is 9.52 Å². The summed E-state index contributed by atoms with van der Waals surface area (Å²) in [5.74, 6) is 0. The lowest BCUT2D eigenvalue weighted by molar-refractivity contribution is 0.880. The maximum atomic E-state index is 2.39. The summed E-state index contributed by atoms with van der Waals surface area (Å²) in [5, 5.41) is 1.69. The van der Waals surface area contributed by atoms with Gasteiger partial charge in [-0.3, -0.25) is 0 Å². The zero-order valence-electron chi connectivity index (χ0n) is 6.77. The molecular formula is C9H16Si. The Bertz CT molecular complexity index is 145. The highest BCUT2D eigenvalue weighted by atomic mass is 28.2. The Labute approximate surface area is 65.8 Å². The van der Waals surface area contributed by atoms with E-state index in [1.165, 1.54) is 25.3 Å². The second-order valence-corrected chi connectivity index (χ2v) is 4.90. The van der Waals surface area contributed by atoms with E-state index in [1.807, 2.05) is 0 Å². The number of unbranched alkanes of at least 4 members (excludes halogenated alkanes) is 1. The Hall–Kier alpha value is -0.303. The molecular weight excluding hydrogens is 136 g/mol. The van der Waals surface area contributed by atoms with E-state index >= 15 is 0 Å². The van der Waals surface area contributed by atoms with E-state index in [9.17, 15) is 0 Å². The van der Waals surface area contributed by atoms with Gasteiger partial charge in [0.15, 0.2) is 0 Å². The molecule has 0 atom stereocenters. The Morgan fingerprint density at radius 2 is 2.50 bits per heavy atom. The third kappa shape index (κ3) is 2.52. The van der Waals surface area contributed by atoms with Gasteiger partial charge in [0.2, 0.25) is 0 Å². The molecule has 1 aliphatic rings. The molecule has 0 saturated carbocycles. The lowest BCUT2D eigenvalue weighted by Gasteiger charge is -1.95. The summed E-state index contributed by atoms with van der Waals surface area (Å²) in [6.07, 6.45) is 11.0. The highest BCUT2D eigenvalue weighted by molar-refractivity contribution is 6.46. The van der Waals surface area contributed by atoms with E-state index in [-0.39, 0.29) is 9.52 Å². The second-order valence-electron chi connectivity index (χ2n) is 2.87. The van der Waals surface area contributed by atoms with E-state index in [1.54, 1.807) is 5.20 Å². The third-order valence-electron chi connectivity index (χ3n) is 1.92. The van der Waals surface area contributed by atoms with Crippen LogP contribution in [0, 0.1) is 0 Å². The minimum absolute atomic E-state index is 0.151. The number of allylic oxidation sites excluding steroid dienone is 4. The van der Waals surface area contributed by atoms with Gasteiger partial charge in [0.05, 0.1) is 9.52 Å². The van der Waals surface area contributed by atoms with Gasteiger partial charge in [-0.05, 0) is 6.42 Å². The van der Waals surface area contributed by atoms with Gasteiger partial charge >= 0.3 is 0 Å². The summed E-state index contributed by atoms with van der Waals surface area (Å²) < 4.78 is 0. The summed E-state index contributed by atoms with van der Waals surface area (Å²) in [7, 11) is 0.151. The molecule has 0 N–H and O–H groups in total. The van der Waals surface area contributed by atoms with Gasteiger partial charge in [0.1, 0.15) is 0 Å². The molecule has 0 nitrogen and oxygen atoms in total. The standard InChI is InChI=1S/C9H16Si/c1-2-3-8-10-9-6-4-5-7-9/h4,6-7H,2-3,5,8,10H2,1H3. The Morgan fingerprint density at radius 1 is 1.60 bits per heavy atom. The largest absolute Gasteiger partial charge is 0.0822 e. The Kier molecular flexibility index (Phi) is 3.51. The van der Waals surface area contributed by atoms with Crippen molar-refractivity contribution in [1.29, 1.82) is 0 Å². The first kappa shape index (κ1) is 7.80. The van der Waals surface area contributed by atoms with Crippen LogP contribution in [0.25, 0.3) is 0 Å².